The van der Waals surface area contributed by atoms with Crippen LogP contribution in [0.5, 0.6) is 0 Å². The lowest BCUT2D eigenvalue weighted by Crippen LogP contribution is -2.15. The Morgan fingerprint density at radius 2 is 1.68 bits per heavy atom. The number of carboxylic acid groups (broad SMARTS) is 1. The van der Waals surface area contributed by atoms with Gasteiger partial charge in [0.2, 0.25) is 0 Å². The molecule has 4 nitrogen and oxygen atoms in total. The molecule has 1 heterocycles. The summed E-state index contributed by atoms with van der Waals surface area (Å²) in [5.41, 5.74) is 7.95. The highest BCUT2D eigenvalue weighted by Crippen LogP contribution is 2.25. The molecular formula is C24H28N2O2. The molecule has 0 atom stereocenters. The summed E-state index contributed by atoms with van der Waals surface area (Å²) >= 11 is 0. The number of nitrogens with zero attached hydrogens (tertiary/aromatic N) is 1. The predicted molar refractivity (Wildman–Crippen MR) is 113 cm³/mol. The summed E-state index contributed by atoms with van der Waals surface area (Å²) in [6.07, 6.45) is 0. The van der Waals surface area contributed by atoms with E-state index in [9.17, 15) is 9.90 Å². The minimum atomic E-state index is -0.864. The monoisotopic (exact) mass is 376 g/mol. The molecule has 0 fully saturated rings. The standard InChI is InChI=1S/C24H28N2O2/c1-16-10-11-17(2)21(12-16)15-26-18(3)22(23(19(26)4)24(27)28)14-25-13-20-8-6-5-7-9-20/h5-12,25H,13-15H2,1-4H3,(H,27,28). The highest BCUT2D eigenvalue weighted by atomic mass is 16.4. The summed E-state index contributed by atoms with van der Waals surface area (Å²) < 4.78 is 2.13. The second kappa shape index (κ2) is 8.44. The average molecular weight is 377 g/mol. The van der Waals surface area contributed by atoms with Crippen molar-refractivity contribution >= 4 is 5.97 Å². The Morgan fingerprint density at radius 3 is 2.36 bits per heavy atom. The number of aromatic nitrogens is 1. The first kappa shape index (κ1) is 19.9. The number of aryl methyl sites for hydroxylation is 2. The van der Waals surface area contributed by atoms with Crippen molar-refractivity contribution in [2.75, 3.05) is 0 Å². The largest absolute Gasteiger partial charge is 0.478 e. The van der Waals surface area contributed by atoms with E-state index in [0.717, 1.165) is 17.0 Å². The Hall–Kier alpha value is -2.85. The summed E-state index contributed by atoms with van der Waals surface area (Å²) in [7, 11) is 0. The topological polar surface area (TPSA) is 54.3 Å². The summed E-state index contributed by atoms with van der Waals surface area (Å²) in [5.74, 6) is -0.864. The molecule has 3 rings (SSSR count). The van der Waals surface area contributed by atoms with Gasteiger partial charge in [0.15, 0.2) is 0 Å². The fraction of sp³-hybridized carbons (Fsp3) is 0.292. The van der Waals surface area contributed by atoms with Crippen LogP contribution in [0.4, 0.5) is 0 Å². The molecule has 0 radical (unpaired) electrons. The van der Waals surface area contributed by atoms with Gasteiger partial charge in [0.25, 0.3) is 0 Å². The summed E-state index contributed by atoms with van der Waals surface area (Å²) in [4.78, 5) is 12.0. The zero-order valence-corrected chi connectivity index (χ0v) is 17.0. The van der Waals surface area contributed by atoms with Crippen LogP contribution < -0.4 is 5.32 Å². The van der Waals surface area contributed by atoms with Crippen LogP contribution in [0.2, 0.25) is 0 Å². The minimum absolute atomic E-state index is 0.420. The third-order valence-corrected chi connectivity index (χ3v) is 5.43. The number of hydrogen-bond donors (Lipinski definition) is 2. The lowest BCUT2D eigenvalue weighted by Gasteiger charge is -2.13. The minimum Gasteiger partial charge on any atom is -0.478 e. The van der Waals surface area contributed by atoms with Crippen LogP contribution in [0.25, 0.3) is 0 Å². The highest BCUT2D eigenvalue weighted by Gasteiger charge is 2.22. The van der Waals surface area contributed by atoms with E-state index in [0.29, 0.717) is 25.2 Å². The van der Waals surface area contributed by atoms with Crippen molar-refractivity contribution < 1.29 is 9.90 Å². The number of carbonyl (C=O) groups is 1. The van der Waals surface area contributed by atoms with E-state index in [-0.39, 0.29) is 0 Å². The molecule has 0 bridgehead atoms. The zero-order valence-electron chi connectivity index (χ0n) is 17.0. The lowest BCUT2D eigenvalue weighted by molar-refractivity contribution is 0.0694. The number of carboxylic acids is 1. The summed E-state index contributed by atoms with van der Waals surface area (Å²) in [6, 6.07) is 16.6. The van der Waals surface area contributed by atoms with Gasteiger partial charge >= 0.3 is 5.97 Å². The maximum atomic E-state index is 12.0. The van der Waals surface area contributed by atoms with Gasteiger partial charge in [-0.1, -0.05) is 54.1 Å². The first-order chi connectivity index (χ1) is 13.4. The first-order valence-electron chi connectivity index (χ1n) is 9.61. The Labute approximate surface area is 166 Å². The van der Waals surface area contributed by atoms with Crippen molar-refractivity contribution in [1.82, 2.24) is 9.88 Å². The van der Waals surface area contributed by atoms with Gasteiger partial charge in [0, 0.05) is 36.6 Å². The van der Waals surface area contributed by atoms with E-state index in [1.807, 2.05) is 32.0 Å². The molecule has 0 aliphatic heterocycles. The Morgan fingerprint density at radius 1 is 0.964 bits per heavy atom. The fourth-order valence-corrected chi connectivity index (χ4v) is 3.75. The van der Waals surface area contributed by atoms with Crippen molar-refractivity contribution in [1.29, 1.82) is 0 Å². The quantitative estimate of drug-likeness (QED) is 0.625. The normalized spacial score (nSPS) is 11.0. The molecule has 4 heteroatoms. The number of aromatic carboxylic acids is 1. The van der Waals surface area contributed by atoms with Crippen LogP contribution in [0.1, 0.15) is 49.6 Å². The maximum absolute atomic E-state index is 12.0. The molecular weight excluding hydrogens is 348 g/mol. The number of rotatable bonds is 7. The van der Waals surface area contributed by atoms with Crippen molar-refractivity contribution in [2.24, 2.45) is 0 Å². The van der Waals surface area contributed by atoms with Crippen molar-refractivity contribution in [3.05, 3.63) is 93.3 Å². The van der Waals surface area contributed by atoms with Gasteiger partial charge in [-0.2, -0.15) is 0 Å². The molecule has 0 saturated carbocycles. The van der Waals surface area contributed by atoms with Crippen LogP contribution in [0, 0.1) is 27.7 Å². The number of nitrogens with one attached hydrogen (secondary N) is 1. The van der Waals surface area contributed by atoms with E-state index >= 15 is 0 Å². The highest BCUT2D eigenvalue weighted by molar-refractivity contribution is 5.91. The molecule has 146 valence electrons. The molecule has 28 heavy (non-hydrogen) atoms. The van der Waals surface area contributed by atoms with Gasteiger partial charge in [-0.15, -0.1) is 0 Å². The Balaban J connectivity index is 1.88. The molecule has 0 amide bonds. The molecule has 0 saturated heterocycles. The number of hydrogen-bond acceptors (Lipinski definition) is 2. The van der Waals surface area contributed by atoms with Gasteiger partial charge in [-0.25, -0.2) is 4.79 Å². The zero-order chi connectivity index (χ0) is 20.3. The molecule has 1 aromatic heterocycles. The molecule has 0 aliphatic rings. The van der Waals surface area contributed by atoms with Gasteiger partial charge in [0.05, 0.1) is 5.56 Å². The molecule has 2 N–H and O–H groups in total. The van der Waals surface area contributed by atoms with Crippen molar-refractivity contribution in [2.45, 2.75) is 47.3 Å². The van der Waals surface area contributed by atoms with E-state index in [1.165, 1.54) is 22.3 Å². The second-order valence-electron chi connectivity index (χ2n) is 7.43. The molecule has 2 aromatic carbocycles. The SMILES string of the molecule is Cc1ccc(C)c(Cn2c(C)c(CNCc3ccccc3)c(C(=O)O)c2C)c1. The smallest absolute Gasteiger partial charge is 0.337 e. The van der Waals surface area contributed by atoms with Gasteiger partial charge in [0.1, 0.15) is 0 Å². The van der Waals surface area contributed by atoms with Gasteiger partial charge in [-0.3, -0.25) is 0 Å². The molecule has 0 aliphatic carbocycles. The number of benzene rings is 2. The Kier molecular flexibility index (Phi) is 6.00. The lowest BCUT2D eigenvalue weighted by atomic mass is 10.1. The van der Waals surface area contributed by atoms with E-state index in [2.05, 4.69) is 54.1 Å². The molecule has 0 spiro atoms. The summed E-state index contributed by atoms with van der Waals surface area (Å²) in [6.45, 7) is 10.0. The summed E-state index contributed by atoms with van der Waals surface area (Å²) in [5, 5.41) is 13.2. The first-order valence-corrected chi connectivity index (χ1v) is 9.61. The van der Waals surface area contributed by atoms with E-state index in [4.69, 9.17) is 0 Å². The maximum Gasteiger partial charge on any atom is 0.337 e. The van der Waals surface area contributed by atoms with Crippen LogP contribution in [-0.4, -0.2) is 15.6 Å². The van der Waals surface area contributed by atoms with Crippen molar-refractivity contribution in [3.63, 3.8) is 0 Å². The van der Waals surface area contributed by atoms with E-state index in [1.54, 1.807) is 0 Å². The second-order valence-corrected chi connectivity index (χ2v) is 7.43. The predicted octanol–water partition coefficient (Wildman–Crippen LogP) is 4.76. The molecule has 3 aromatic rings. The third-order valence-electron chi connectivity index (χ3n) is 5.43. The van der Waals surface area contributed by atoms with E-state index < -0.39 is 5.97 Å². The van der Waals surface area contributed by atoms with Crippen LogP contribution in [0.3, 0.4) is 0 Å². The molecule has 0 unspecified atom stereocenters. The Bertz CT molecular complexity index is 988. The van der Waals surface area contributed by atoms with Crippen LogP contribution in [-0.2, 0) is 19.6 Å². The average Bonchev–Trinajstić information content (AvgIpc) is 2.90. The van der Waals surface area contributed by atoms with Crippen LogP contribution >= 0.6 is 0 Å². The van der Waals surface area contributed by atoms with Gasteiger partial charge in [-0.05, 0) is 44.4 Å². The van der Waals surface area contributed by atoms with Crippen LogP contribution in [0.15, 0.2) is 48.5 Å². The fourth-order valence-electron chi connectivity index (χ4n) is 3.75. The third kappa shape index (κ3) is 4.18. The van der Waals surface area contributed by atoms with Gasteiger partial charge < -0.3 is 15.0 Å². The van der Waals surface area contributed by atoms with Crippen molar-refractivity contribution in [3.8, 4) is 0 Å².